The normalized spacial score (nSPS) is 10.4. The van der Waals surface area contributed by atoms with E-state index in [1.807, 2.05) is 67.7 Å². The molecule has 0 atom stereocenters. The summed E-state index contributed by atoms with van der Waals surface area (Å²) in [5, 5.41) is 6.51. The van der Waals surface area contributed by atoms with Crippen LogP contribution in [-0.4, -0.2) is 17.9 Å². The molecule has 0 amide bonds. The highest BCUT2D eigenvalue weighted by atomic mass is 32.1. The molecule has 3 N–H and O–H groups in total. The van der Waals surface area contributed by atoms with E-state index in [1.54, 1.807) is 0 Å². The van der Waals surface area contributed by atoms with E-state index in [0.717, 1.165) is 23.4 Å². The van der Waals surface area contributed by atoms with E-state index in [4.69, 9.17) is 17.0 Å². The molecule has 0 fully saturated rings. The van der Waals surface area contributed by atoms with Crippen LogP contribution in [0.5, 0.6) is 5.75 Å². The van der Waals surface area contributed by atoms with Gasteiger partial charge in [-0.1, -0.05) is 36.4 Å². The van der Waals surface area contributed by atoms with Crippen molar-refractivity contribution >= 4 is 23.5 Å². The van der Waals surface area contributed by atoms with Crippen molar-refractivity contribution in [3.8, 4) is 5.75 Å². The van der Waals surface area contributed by atoms with Crippen molar-refractivity contribution in [1.82, 2.24) is 10.7 Å². The van der Waals surface area contributed by atoms with Crippen molar-refractivity contribution in [3.05, 3.63) is 65.7 Å². The average molecular weight is 314 g/mol. The van der Waals surface area contributed by atoms with Crippen LogP contribution in [0.15, 0.2) is 54.6 Å². The molecule has 4 nitrogen and oxygen atoms in total. The Morgan fingerprint density at radius 3 is 2.77 bits per heavy atom. The predicted molar refractivity (Wildman–Crippen MR) is 92.8 cm³/mol. The van der Waals surface area contributed by atoms with Gasteiger partial charge in [0.1, 0.15) is 12.4 Å². The lowest BCUT2D eigenvalue weighted by molar-refractivity contribution is -0.500. The number of hydrazone groups is 1. The first-order valence-corrected chi connectivity index (χ1v) is 7.58. The first kappa shape index (κ1) is 16.0. The largest absolute Gasteiger partial charge is 0.489 e. The SMILES string of the molecule is CCNC(=S)N[NH+]=Cc1cccc(OCc2ccccc2)c1. The Kier molecular flexibility index (Phi) is 6.39. The molecule has 0 unspecified atom stereocenters. The topological polar surface area (TPSA) is 47.3 Å². The number of thiocarbonyl (C=S) groups is 1. The van der Waals surface area contributed by atoms with Gasteiger partial charge in [0.25, 0.3) is 0 Å². The van der Waals surface area contributed by atoms with Crippen molar-refractivity contribution in [2.45, 2.75) is 13.5 Å². The third-order valence-electron chi connectivity index (χ3n) is 2.87. The number of benzene rings is 2. The van der Waals surface area contributed by atoms with Crippen LogP contribution in [-0.2, 0) is 6.61 Å². The molecule has 0 heterocycles. The number of hydrogen-bond donors (Lipinski definition) is 3. The summed E-state index contributed by atoms with van der Waals surface area (Å²) in [5.41, 5.74) is 5.03. The van der Waals surface area contributed by atoms with Gasteiger partial charge in [-0.05, 0) is 42.9 Å². The zero-order valence-corrected chi connectivity index (χ0v) is 13.3. The Hall–Kier alpha value is -2.40. The molecular weight excluding hydrogens is 294 g/mol. The molecule has 0 aliphatic heterocycles. The van der Waals surface area contributed by atoms with Crippen LogP contribution in [0.1, 0.15) is 18.1 Å². The van der Waals surface area contributed by atoms with Crippen molar-refractivity contribution < 1.29 is 9.84 Å². The molecule has 0 saturated heterocycles. The quantitative estimate of drug-likeness (QED) is 0.425. The smallest absolute Gasteiger partial charge is 0.223 e. The minimum atomic E-state index is 0.556. The van der Waals surface area contributed by atoms with Gasteiger partial charge in [0.05, 0.1) is 0 Å². The molecule has 2 rings (SSSR count). The maximum absolute atomic E-state index is 5.79. The van der Waals surface area contributed by atoms with Gasteiger partial charge in [-0.3, -0.25) is 0 Å². The van der Waals surface area contributed by atoms with E-state index in [9.17, 15) is 0 Å². The summed E-state index contributed by atoms with van der Waals surface area (Å²) < 4.78 is 5.79. The highest BCUT2D eigenvalue weighted by molar-refractivity contribution is 7.80. The number of hydrazine groups is 1. The molecule has 0 radical (unpaired) electrons. The minimum Gasteiger partial charge on any atom is -0.489 e. The molecule has 0 aromatic heterocycles. The molecule has 0 aliphatic carbocycles. The zero-order valence-electron chi connectivity index (χ0n) is 12.5. The maximum Gasteiger partial charge on any atom is 0.223 e. The number of hydrogen-bond acceptors (Lipinski definition) is 2. The third-order valence-corrected chi connectivity index (χ3v) is 3.11. The Bertz CT molecular complexity index is 629. The van der Waals surface area contributed by atoms with E-state index < -0.39 is 0 Å². The van der Waals surface area contributed by atoms with E-state index in [2.05, 4.69) is 15.8 Å². The summed E-state index contributed by atoms with van der Waals surface area (Å²) in [6, 6.07) is 17.9. The van der Waals surface area contributed by atoms with Crippen molar-refractivity contribution in [2.24, 2.45) is 0 Å². The fourth-order valence-electron chi connectivity index (χ4n) is 1.82. The summed E-state index contributed by atoms with van der Waals surface area (Å²) in [6.45, 7) is 3.34. The van der Waals surface area contributed by atoms with Crippen molar-refractivity contribution in [3.63, 3.8) is 0 Å². The lowest BCUT2D eigenvalue weighted by Gasteiger charge is -2.06. The van der Waals surface area contributed by atoms with Gasteiger partial charge in [-0.15, -0.1) is 10.5 Å². The zero-order chi connectivity index (χ0) is 15.6. The second-order valence-corrected chi connectivity index (χ2v) is 5.03. The number of rotatable bonds is 6. The summed E-state index contributed by atoms with van der Waals surface area (Å²) in [4.78, 5) is 0. The molecule has 114 valence electrons. The van der Waals surface area contributed by atoms with E-state index in [0.29, 0.717) is 11.7 Å². The van der Waals surface area contributed by atoms with E-state index in [-0.39, 0.29) is 0 Å². The van der Waals surface area contributed by atoms with Crippen molar-refractivity contribution in [2.75, 3.05) is 6.54 Å². The first-order chi connectivity index (χ1) is 10.8. The van der Waals surface area contributed by atoms with Gasteiger partial charge in [0, 0.05) is 12.1 Å². The van der Waals surface area contributed by atoms with E-state index in [1.165, 1.54) is 0 Å². The Morgan fingerprint density at radius 2 is 2.00 bits per heavy atom. The van der Waals surface area contributed by atoms with Gasteiger partial charge < -0.3 is 10.1 Å². The number of nitrogens with one attached hydrogen (secondary N) is 3. The van der Waals surface area contributed by atoms with Gasteiger partial charge in [0.15, 0.2) is 6.21 Å². The highest BCUT2D eigenvalue weighted by Gasteiger charge is 1.99. The molecule has 22 heavy (non-hydrogen) atoms. The summed E-state index contributed by atoms with van der Waals surface area (Å²) in [5.74, 6) is 0.827. The Balaban J connectivity index is 1.89. The standard InChI is InChI=1S/C17H19N3OS/c1-2-18-17(22)20-19-12-15-9-6-10-16(11-15)21-13-14-7-4-3-5-8-14/h3-12H,2,13H2,1H3,(H2,18,20,22)/p+1. The maximum atomic E-state index is 5.79. The monoisotopic (exact) mass is 314 g/mol. The Labute approximate surface area is 136 Å². The van der Waals surface area contributed by atoms with Gasteiger partial charge in [-0.25, -0.2) is 0 Å². The first-order valence-electron chi connectivity index (χ1n) is 7.17. The summed E-state index contributed by atoms with van der Waals surface area (Å²) in [6.07, 6.45) is 1.83. The molecule has 2 aromatic carbocycles. The fourth-order valence-corrected chi connectivity index (χ4v) is 2.03. The van der Waals surface area contributed by atoms with Crippen LogP contribution < -0.4 is 20.6 Å². The molecule has 0 spiro atoms. The second-order valence-electron chi connectivity index (χ2n) is 4.62. The van der Waals surface area contributed by atoms with Crippen LogP contribution in [0.4, 0.5) is 0 Å². The summed E-state index contributed by atoms with van der Waals surface area (Å²) >= 11 is 5.06. The minimum absolute atomic E-state index is 0.556. The van der Waals surface area contributed by atoms with Crippen molar-refractivity contribution in [1.29, 1.82) is 0 Å². The van der Waals surface area contributed by atoms with Crippen LogP contribution in [0.3, 0.4) is 0 Å². The molecule has 2 aromatic rings. The fraction of sp³-hybridized carbons (Fsp3) is 0.176. The molecule has 0 saturated carbocycles. The highest BCUT2D eigenvalue weighted by Crippen LogP contribution is 2.13. The van der Waals surface area contributed by atoms with Gasteiger partial charge in [-0.2, -0.15) is 0 Å². The molecule has 0 bridgehead atoms. The molecular formula is C17H20N3OS+. The predicted octanol–water partition coefficient (Wildman–Crippen LogP) is 1.16. The Morgan fingerprint density at radius 1 is 1.18 bits per heavy atom. The van der Waals surface area contributed by atoms with Crippen LogP contribution in [0, 0.1) is 0 Å². The van der Waals surface area contributed by atoms with Crippen LogP contribution >= 0.6 is 12.2 Å². The summed E-state index contributed by atoms with van der Waals surface area (Å²) in [7, 11) is 0. The second kappa shape index (κ2) is 8.79. The van der Waals surface area contributed by atoms with Gasteiger partial charge >= 0.3 is 0 Å². The average Bonchev–Trinajstić information content (AvgIpc) is 2.55. The molecule has 0 aliphatic rings. The van der Waals surface area contributed by atoms with Crippen LogP contribution in [0.25, 0.3) is 0 Å². The lowest BCUT2D eigenvalue weighted by Crippen LogP contribution is -2.82. The molecule has 5 heteroatoms. The lowest BCUT2D eigenvalue weighted by atomic mass is 10.2. The third kappa shape index (κ3) is 5.54. The van der Waals surface area contributed by atoms with E-state index >= 15 is 0 Å². The number of ether oxygens (including phenoxy) is 1. The van der Waals surface area contributed by atoms with Crippen LogP contribution in [0.2, 0.25) is 0 Å². The van der Waals surface area contributed by atoms with Gasteiger partial charge in [0.2, 0.25) is 5.11 Å².